The molecule has 0 saturated heterocycles. The van der Waals surface area contributed by atoms with E-state index in [0.29, 0.717) is 16.7 Å². The van der Waals surface area contributed by atoms with Crippen LogP contribution in [0.1, 0.15) is 27.0 Å². The summed E-state index contributed by atoms with van der Waals surface area (Å²) < 4.78 is 3.91. The molecule has 0 atom stereocenters. The van der Waals surface area contributed by atoms with Crippen LogP contribution < -0.4 is 0 Å². The van der Waals surface area contributed by atoms with Crippen molar-refractivity contribution in [3.63, 3.8) is 0 Å². The normalized spacial score (nSPS) is 11.0. The number of imidazole rings is 1. The number of ketones is 1. The number of benzene rings is 2. The summed E-state index contributed by atoms with van der Waals surface area (Å²) in [6.45, 7) is 2.03. The third kappa shape index (κ3) is 2.79. The minimum atomic E-state index is -0.108. The first-order chi connectivity index (χ1) is 14.1. The second-order valence-electron chi connectivity index (χ2n) is 7.07. The molecule has 0 N–H and O–H groups in total. The molecule has 2 aromatic carbocycles. The zero-order chi connectivity index (χ0) is 20.0. The van der Waals surface area contributed by atoms with Gasteiger partial charge in [0.15, 0.2) is 5.78 Å². The van der Waals surface area contributed by atoms with Gasteiger partial charge >= 0.3 is 0 Å². The van der Waals surface area contributed by atoms with Gasteiger partial charge in [-0.25, -0.2) is 4.98 Å². The van der Waals surface area contributed by atoms with E-state index in [1.807, 2.05) is 70.7 Å². The van der Waals surface area contributed by atoms with E-state index in [2.05, 4.69) is 17.1 Å². The van der Waals surface area contributed by atoms with Crippen molar-refractivity contribution < 1.29 is 4.79 Å². The summed E-state index contributed by atoms with van der Waals surface area (Å²) in [5, 5.41) is 10.3. The molecule has 5 rings (SSSR count). The zero-order valence-corrected chi connectivity index (χ0v) is 15.7. The van der Waals surface area contributed by atoms with Crippen molar-refractivity contribution in [2.24, 2.45) is 0 Å². The molecule has 138 valence electrons. The van der Waals surface area contributed by atoms with Gasteiger partial charge in [-0.05, 0) is 61.0 Å². The summed E-state index contributed by atoms with van der Waals surface area (Å²) >= 11 is 0. The maximum Gasteiger partial charge on any atom is 0.195 e. The molecule has 29 heavy (non-hydrogen) atoms. The van der Waals surface area contributed by atoms with E-state index in [1.54, 1.807) is 18.6 Å². The van der Waals surface area contributed by atoms with Crippen molar-refractivity contribution in [2.75, 3.05) is 0 Å². The number of nitriles is 1. The molecule has 3 heterocycles. The van der Waals surface area contributed by atoms with E-state index in [0.717, 1.165) is 27.7 Å². The van der Waals surface area contributed by atoms with Crippen molar-refractivity contribution in [2.45, 2.75) is 6.92 Å². The highest BCUT2D eigenvalue weighted by molar-refractivity contribution is 6.16. The summed E-state index contributed by atoms with van der Waals surface area (Å²) in [5.41, 5.74) is 5.45. The third-order valence-electron chi connectivity index (χ3n) is 5.11. The number of hydrogen-bond donors (Lipinski definition) is 0. The van der Waals surface area contributed by atoms with Crippen LogP contribution in [0.15, 0.2) is 79.5 Å². The molecule has 0 aliphatic heterocycles. The first-order valence-electron chi connectivity index (χ1n) is 9.23. The maximum absolute atomic E-state index is 13.4. The Balaban J connectivity index is 1.70. The van der Waals surface area contributed by atoms with E-state index < -0.39 is 0 Å². The van der Waals surface area contributed by atoms with Gasteiger partial charge in [0.2, 0.25) is 0 Å². The highest BCUT2D eigenvalue weighted by atomic mass is 16.1. The second kappa shape index (κ2) is 6.47. The summed E-state index contributed by atoms with van der Waals surface area (Å²) in [5.74, 6) is -0.108. The number of carbonyl (C=O) groups is 1. The van der Waals surface area contributed by atoms with E-state index >= 15 is 0 Å². The largest absolute Gasteiger partial charge is 0.316 e. The number of carbonyl (C=O) groups excluding carboxylic acids is 1. The minimum Gasteiger partial charge on any atom is -0.316 e. The molecule has 0 spiro atoms. The fraction of sp³-hybridized carbons (Fsp3) is 0.0417. The molecule has 0 unspecified atom stereocenters. The molecule has 0 fully saturated rings. The molecule has 0 radical (unpaired) electrons. The quantitative estimate of drug-likeness (QED) is 0.429. The summed E-state index contributed by atoms with van der Waals surface area (Å²) in [4.78, 5) is 17.5. The Kier molecular flexibility index (Phi) is 3.78. The lowest BCUT2D eigenvalue weighted by molar-refractivity contribution is 0.104. The average molecular weight is 376 g/mol. The predicted octanol–water partition coefficient (Wildman–Crippen LogP) is 4.69. The Hall–Kier alpha value is -4.17. The third-order valence-corrected chi connectivity index (χ3v) is 5.11. The molecular weight excluding hydrogens is 360 g/mol. The molecule has 0 aliphatic rings. The van der Waals surface area contributed by atoms with Gasteiger partial charge in [-0.15, -0.1) is 0 Å². The monoisotopic (exact) mass is 376 g/mol. The SMILES string of the molecule is Cc1cc2ccc3cc(C#N)cc(C(=O)c4ccc(-n5ccnc5)cc4)c3n2c1. The lowest BCUT2D eigenvalue weighted by Gasteiger charge is -2.11. The van der Waals surface area contributed by atoms with Crippen LogP contribution in [0.4, 0.5) is 0 Å². The topological polar surface area (TPSA) is 63.1 Å². The van der Waals surface area contributed by atoms with E-state index in [4.69, 9.17) is 0 Å². The fourth-order valence-electron chi connectivity index (χ4n) is 3.76. The first kappa shape index (κ1) is 17.0. The van der Waals surface area contributed by atoms with Crippen molar-refractivity contribution in [1.82, 2.24) is 14.0 Å². The van der Waals surface area contributed by atoms with Crippen LogP contribution in [0.3, 0.4) is 0 Å². The van der Waals surface area contributed by atoms with Gasteiger partial charge in [0.1, 0.15) is 0 Å². The van der Waals surface area contributed by atoms with E-state index in [-0.39, 0.29) is 5.78 Å². The molecule has 0 saturated carbocycles. The smallest absolute Gasteiger partial charge is 0.195 e. The van der Waals surface area contributed by atoms with Gasteiger partial charge < -0.3 is 8.97 Å². The Morgan fingerprint density at radius 3 is 2.62 bits per heavy atom. The second-order valence-corrected chi connectivity index (χ2v) is 7.07. The lowest BCUT2D eigenvalue weighted by atomic mass is 9.97. The molecule has 5 aromatic rings. The minimum absolute atomic E-state index is 0.108. The number of rotatable bonds is 3. The van der Waals surface area contributed by atoms with Gasteiger partial charge in [-0.3, -0.25) is 4.79 Å². The fourth-order valence-corrected chi connectivity index (χ4v) is 3.76. The van der Waals surface area contributed by atoms with E-state index in [1.165, 1.54) is 0 Å². The van der Waals surface area contributed by atoms with Crippen LogP contribution in [0, 0.1) is 18.3 Å². The molecule has 5 nitrogen and oxygen atoms in total. The highest BCUT2D eigenvalue weighted by Crippen LogP contribution is 2.27. The summed E-state index contributed by atoms with van der Waals surface area (Å²) in [6.07, 6.45) is 7.29. The molecule has 0 aliphatic carbocycles. The van der Waals surface area contributed by atoms with Gasteiger partial charge in [0.25, 0.3) is 0 Å². The van der Waals surface area contributed by atoms with Crippen molar-refractivity contribution in [1.29, 1.82) is 5.26 Å². The van der Waals surface area contributed by atoms with Crippen molar-refractivity contribution >= 4 is 22.2 Å². The maximum atomic E-state index is 13.4. The molecule has 5 heteroatoms. The highest BCUT2D eigenvalue weighted by Gasteiger charge is 2.17. The Morgan fingerprint density at radius 1 is 1.07 bits per heavy atom. The number of hydrogen-bond acceptors (Lipinski definition) is 3. The van der Waals surface area contributed by atoms with Gasteiger partial charge in [0.05, 0.1) is 23.5 Å². The van der Waals surface area contributed by atoms with Crippen LogP contribution in [-0.2, 0) is 0 Å². The number of fused-ring (bicyclic) bond motifs is 3. The number of aryl methyl sites for hydroxylation is 1. The predicted molar refractivity (Wildman–Crippen MR) is 111 cm³/mol. The van der Waals surface area contributed by atoms with E-state index in [9.17, 15) is 10.1 Å². The van der Waals surface area contributed by atoms with Crippen LogP contribution in [-0.4, -0.2) is 19.7 Å². The Labute approximate surface area is 167 Å². The average Bonchev–Trinajstić information content (AvgIpc) is 3.41. The molecular formula is C24H16N4O. The first-order valence-corrected chi connectivity index (χ1v) is 9.23. The Morgan fingerprint density at radius 2 is 1.90 bits per heavy atom. The summed E-state index contributed by atoms with van der Waals surface area (Å²) in [6, 6.07) is 19.1. The van der Waals surface area contributed by atoms with Gasteiger partial charge in [-0.2, -0.15) is 5.26 Å². The standard InChI is InChI=1S/C24H16N4O/c1-16-10-21-7-4-19-11-17(13-25)12-22(23(19)28(21)14-16)24(29)18-2-5-20(6-3-18)27-9-8-26-15-27/h2-12,14-15H,1H3. The van der Waals surface area contributed by atoms with Crippen molar-refractivity contribution in [3.8, 4) is 11.8 Å². The lowest BCUT2D eigenvalue weighted by Crippen LogP contribution is -2.06. The Bertz CT molecular complexity index is 1420. The number of aromatic nitrogens is 3. The van der Waals surface area contributed by atoms with Crippen LogP contribution in [0.2, 0.25) is 0 Å². The van der Waals surface area contributed by atoms with Crippen LogP contribution in [0.25, 0.3) is 22.1 Å². The summed E-state index contributed by atoms with van der Waals surface area (Å²) in [7, 11) is 0. The van der Waals surface area contributed by atoms with Gasteiger partial charge in [0, 0.05) is 46.3 Å². The zero-order valence-electron chi connectivity index (χ0n) is 15.7. The molecule has 0 amide bonds. The number of pyridine rings is 1. The van der Waals surface area contributed by atoms with Crippen molar-refractivity contribution in [3.05, 3.63) is 102 Å². The molecule has 0 bridgehead atoms. The van der Waals surface area contributed by atoms with Gasteiger partial charge in [-0.1, -0.05) is 6.07 Å². The number of nitrogens with zero attached hydrogens (tertiary/aromatic N) is 4. The molecule has 3 aromatic heterocycles. The van der Waals surface area contributed by atoms with Crippen LogP contribution in [0.5, 0.6) is 0 Å². The van der Waals surface area contributed by atoms with Crippen LogP contribution >= 0.6 is 0 Å².